The Morgan fingerprint density at radius 2 is 2.03 bits per heavy atom. The largest absolute Gasteiger partial charge is 0.463 e. The molecule has 1 N–H and O–H groups in total. The van der Waals surface area contributed by atoms with E-state index in [0.717, 1.165) is 0 Å². The van der Waals surface area contributed by atoms with Crippen molar-refractivity contribution in [2.45, 2.75) is 6.92 Å². The van der Waals surface area contributed by atoms with E-state index in [9.17, 15) is 14.0 Å². The summed E-state index contributed by atoms with van der Waals surface area (Å²) < 4.78 is 23.9. The number of rotatable bonds is 5. The molecule has 2 amide bonds. The summed E-state index contributed by atoms with van der Waals surface area (Å²) in [5.41, 5.74) is 1.70. The number of hydrogen-bond donors (Lipinski definition) is 1. The normalized spacial score (nSPS) is 10.9. The Balaban J connectivity index is 1.60. The topological polar surface area (TPSA) is 101 Å². The minimum absolute atomic E-state index is 0.197. The highest BCUT2D eigenvalue weighted by atomic mass is 19.1. The molecule has 0 bridgehead atoms. The van der Waals surface area contributed by atoms with Crippen LogP contribution in [0.4, 0.5) is 10.1 Å². The third kappa shape index (κ3) is 3.77. The Morgan fingerprint density at radius 3 is 2.77 bits per heavy atom. The maximum atomic E-state index is 13.3. The number of furan rings is 1. The van der Waals surface area contributed by atoms with Crippen LogP contribution in [0, 0.1) is 12.7 Å². The van der Waals surface area contributed by atoms with Gasteiger partial charge in [-0.1, -0.05) is 11.2 Å². The molecule has 9 heteroatoms. The molecular weight excluding hydrogens is 391 g/mol. The summed E-state index contributed by atoms with van der Waals surface area (Å²) in [6, 6.07) is 10.5. The number of anilines is 1. The van der Waals surface area contributed by atoms with Crippen LogP contribution >= 0.6 is 0 Å². The van der Waals surface area contributed by atoms with Gasteiger partial charge in [0.2, 0.25) is 5.91 Å². The Morgan fingerprint density at radius 1 is 1.20 bits per heavy atom. The molecule has 0 spiro atoms. The molecule has 0 atom stereocenters. The Kier molecular flexibility index (Phi) is 5.01. The number of nitrogens with one attached hydrogen (secondary N) is 1. The zero-order valence-electron chi connectivity index (χ0n) is 16.2. The summed E-state index contributed by atoms with van der Waals surface area (Å²) in [6.45, 7) is 1.47. The van der Waals surface area contributed by atoms with E-state index in [1.165, 1.54) is 36.4 Å². The third-order valence-corrected chi connectivity index (χ3v) is 4.46. The number of nitrogens with zero attached hydrogens (tertiary/aromatic N) is 3. The van der Waals surface area contributed by atoms with E-state index in [1.807, 2.05) is 0 Å². The number of pyridine rings is 1. The van der Waals surface area contributed by atoms with Crippen LogP contribution in [0.1, 0.15) is 16.1 Å². The molecule has 0 saturated carbocycles. The second kappa shape index (κ2) is 7.78. The summed E-state index contributed by atoms with van der Waals surface area (Å²) in [5, 5.41) is 6.92. The van der Waals surface area contributed by atoms with Crippen LogP contribution in [0.15, 0.2) is 57.7 Å². The van der Waals surface area contributed by atoms with Gasteiger partial charge in [-0.05, 0) is 43.3 Å². The van der Waals surface area contributed by atoms with E-state index in [1.54, 1.807) is 31.2 Å². The van der Waals surface area contributed by atoms with Crippen molar-refractivity contribution in [3.8, 4) is 11.5 Å². The van der Waals surface area contributed by atoms with Crippen molar-refractivity contribution < 1.29 is 22.9 Å². The highest BCUT2D eigenvalue weighted by molar-refractivity contribution is 6.08. The van der Waals surface area contributed by atoms with Gasteiger partial charge in [0.1, 0.15) is 11.5 Å². The summed E-state index contributed by atoms with van der Waals surface area (Å²) in [4.78, 5) is 31.1. The molecule has 0 unspecified atom stereocenters. The predicted molar refractivity (Wildman–Crippen MR) is 106 cm³/mol. The van der Waals surface area contributed by atoms with Crippen molar-refractivity contribution >= 4 is 28.6 Å². The van der Waals surface area contributed by atoms with Crippen LogP contribution < -0.4 is 5.32 Å². The molecule has 0 aliphatic heterocycles. The maximum Gasteiger partial charge on any atom is 0.259 e. The maximum absolute atomic E-state index is 13.3. The third-order valence-electron chi connectivity index (χ3n) is 4.46. The quantitative estimate of drug-likeness (QED) is 0.541. The Bertz CT molecular complexity index is 1230. The number of hydrogen-bond acceptors (Lipinski definition) is 6. The fourth-order valence-corrected chi connectivity index (χ4v) is 3.07. The van der Waals surface area contributed by atoms with Crippen LogP contribution in [-0.4, -0.2) is 40.4 Å². The van der Waals surface area contributed by atoms with Gasteiger partial charge >= 0.3 is 0 Å². The first-order valence-corrected chi connectivity index (χ1v) is 9.04. The molecule has 3 heterocycles. The first-order valence-electron chi connectivity index (χ1n) is 9.04. The van der Waals surface area contributed by atoms with Crippen molar-refractivity contribution in [2.24, 2.45) is 0 Å². The lowest BCUT2D eigenvalue weighted by Gasteiger charge is -2.17. The zero-order chi connectivity index (χ0) is 21.3. The number of halogens is 1. The van der Waals surface area contributed by atoms with Crippen LogP contribution in [0.25, 0.3) is 22.6 Å². The van der Waals surface area contributed by atoms with Gasteiger partial charge < -0.3 is 19.2 Å². The second-order valence-electron chi connectivity index (χ2n) is 6.70. The highest BCUT2D eigenvalue weighted by Crippen LogP contribution is 2.28. The molecule has 3 aromatic heterocycles. The summed E-state index contributed by atoms with van der Waals surface area (Å²) in [6.07, 6.45) is 1.50. The number of amides is 2. The van der Waals surface area contributed by atoms with Gasteiger partial charge in [-0.3, -0.25) is 9.59 Å². The van der Waals surface area contributed by atoms with E-state index in [2.05, 4.69) is 15.5 Å². The molecule has 4 aromatic rings. The Hall–Kier alpha value is -4.01. The van der Waals surface area contributed by atoms with Crippen molar-refractivity contribution in [3.63, 3.8) is 0 Å². The average Bonchev–Trinajstić information content (AvgIpc) is 3.37. The minimum Gasteiger partial charge on any atom is -0.463 e. The molecule has 8 nitrogen and oxygen atoms in total. The fraction of sp³-hybridized carbons (Fsp3) is 0.143. The number of carbonyl (C=O) groups excluding carboxylic acids is 2. The first kappa shape index (κ1) is 19.3. The van der Waals surface area contributed by atoms with Crippen molar-refractivity contribution in [1.29, 1.82) is 0 Å². The van der Waals surface area contributed by atoms with E-state index < -0.39 is 17.6 Å². The van der Waals surface area contributed by atoms with Crippen molar-refractivity contribution in [3.05, 3.63) is 65.8 Å². The molecule has 0 aliphatic rings. The van der Waals surface area contributed by atoms with E-state index in [4.69, 9.17) is 8.94 Å². The molecule has 0 aliphatic carbocycles. The van der Waals surface area contributed by atoms with E-state index in [0.29, 0.717) is 28.2 Å². The number of likely N-dealkylation sites (N-methyl/N-ethyl adjacent to an activating group) is 1. The molecule has 4 rings (SSSR count). The van der Waals surface area contributed by atoms with Gasteiger partial charge in [-0.25, -0.2) is 9.37 Å². The molecule has 0 fully saturated rings. The van der Waals surface area contributed by atoms with Crippen LogP contribution in [0.5, 0.6) is 0 Å². The van der Waals surface area contributed by atoms with Gasteiger partial charge in [0.15, 0.2) is 5.76 Å². The summed E-state index contributed by atoms with van der Waals surface area (Å²) in [5.74, 6) is -0.887. The number of benzene rings is 1. The summed E-state index contributed by atoms with van der Waals surface area (Å²) in [7, 11) is 1.50. The van der Waals surface area contributed by atoms with Gasteiger partial charge in [-0.2, -0.15) is 0 Å². The lowest BCUT2D eigenvalue weighted by atomic mass is 10.1. The second-order valence-corrected chi connectivity index (χ2v) is 6.70. The average molecular weight is 408 g/mol. The predicted octanol–water partition coefficient (Wildman–Crippen LogP) is 3.64. The highest BCUT2D eigenvalue weighted by Gasteiger charge is 2.23. The molecule has 30 heavy (non-hydrogen) atoms. The van der Waals surface area contributed by atoms with Gasteiger partial charge in [0.05, 0.1) is 29.5 Å². The zero-order valence-corrected chi connectivity index (χ0v) is 16.2. The van der Waals surface area contributed by atoms with E-state index >= 15 is 0 Å². The molecular formula is C21H17FN4O4. The monoisotopic (exact) mass is 408 g/mol. The lowest BCUT2D eigenvalue weighted by molar-refractivity contribution is -0.116. The number of aryl methyl sites for hydroxylation is 1. The van der Waals surface area contributed by atoms with Crippen LogP contribution in [0.2, 0.25) is 0 Å². The molecule has 0 radical (unpaired) electrons. The number of carbonyl (C=O) groups is 2. The minimum atomic E-state index is -0.468. The van der Waals surface area contributed by atoms with E-state index in [-0.39, 0.29) is 17.8 Å². The smallest absolute Gasteiger partial charge is 0.259 e. The van der Waals surface area contributed by atoms with Gasteiger partial charge in [-0.15, -0.1) is 0 Å². The van der Waals surface area contributed by atoms with Crippen LogP contribution in [-0.2, 0) is 4.79 Å². The van der Waals surface area contributed by atoms with Crippen molar-refractivity contribution in [2.75, 3.05) is 18.9 Å². The van der Waals surface area contributed by atoms with Gasteiger partial charge in [0.25, 0.3) is 11.6 Å². The van der Waals surface area contributed by atoms with Crippen LogP contribution in [0.3, 0.4) is 0 Å². The molecule has 152 valence electrons. The summed E-state index contributed by atoms with van der Waals surface area (Å²) >= 11 is 0. The lowest BCUT2D eigenvalue weighted by Crippen LogP contribution is -2.35. The first-order chi connectivity index (χ1) is 14.4. The van der Waals surface area contributed by atoms with Crippen molar-refractivity contribution in [1.82, 2.24) is 15.0 Å². The molecule has 1 aromatic carbocycles. The Labute approximate surface area is 170 Å². The number of aromatic nitrogens is 2. The standard InChI is InChI=1S/C21H17FN4O4/c1-12-19-15(10-16(17-7-4-8-29-17)24-20(19)30-25-12)21(28)26(2)11-18(27)23-14-6-3-5-13(22)9-14/h3-10H,11H2,1-2H3,(H,23,27). The fourth-order valence-electron chi connectivity index (χ4n) is 3.07. The molecule has 0 saturated heterocycles. The van der Waals surface area contributed by atoms with Gasteiger partial charge in [0, 0.05) is 12.7 Å². The number of fused-ring (bicyclic) bond motifs is 1. The SMILES string of the molecule is Cc1noc2nc(-c3ccco3)cc(C(=O)N(C)CC(=O)Nc3cccc(F)c3)c12.